The minimum absolute atomic E-state index is 0.0915. The van der Waals surface area contributed by atoms with Crippen LogP contribution in [0, 0.1) is 13.8 Å². The van der Waals surface area contributed by atoms with Gasteiger partial charge in [0.05, 0.1) is 5.02 Å². The predicted molar refractivity (Wildman–Crippen MR) is 68.6 cm³/mol. The predicted octanol–water partition coefficient (Wildman–Crippen LogP) is 3.58. The number of aryl methyl sites for hydroxylation is 2. The van der Waals surface area contributed by atoms with E-state index >= 15 is 0 Å². The zero-order valence-electron chi connectivity index (χ0n) is 9.70. The average molecular weight is 246 g/mol. The van der Waals surface area contributed by atoms with Gasteiger partial charge in [0, 0.05) is 23.0 Å². The van der Waals surface area contributed by atoms with E-state index in [1.54, 1.807) is 18.3 Å². The smallest absolute Gasteiger partial charge is 0.196 e. The highest BCUT2D eigenvalue weighted by atomic mass is 35.5. The fraction of sp³-hybridized carbons (Fsp3) is 0.143. The molecule has 86 valence electrons. The fourth-order valence-corrected chi connectivity index (χ4v) is 1.79. The quantitative estimate of drug-likeness (QED) is 0.757. The number of rotatable bonds is 2. The summed E-state index contributed by atoms with van der Waals surface area (Å²) in [6.45, 7) is 3.76. The van der Waals surface area contributed by atoms with Crippen molar-refractivity contribution < 1.29 is 4.79 Å². The van der Waals surface area contributed by atoms with Crippen LogP contribution in [0.2, 0.25) is 5.02 Å². The van der Waals surface area contributed by atoms with Crippen LogP contribution >= 0.6 is 11.6 Å². The second kappa shape index (κ2) is 4.68. The minimum Gasteiger partial charge on any atom is -0.288 e. The van der Waals surface area contributed by atoms with Gasteiger partial charge in [-0.2, -0.15) is 0 Å². The number of hydrogen-bond acceptors (Lipinski definition) is 2. The van der Waals surface area contributed by atoms with Gasteiger partial charge >= 0.3 is 0 Å². The van der Waals surface area contributed by atoms with Crippen molar-refractivity contribution in [3.63, 3.8) is 0 Å². The Labute approximate surface area is 105 Å². The van der Waals surface area contributed by atoms with E-state index in [1.165, 1.54) is 0 Å². The van der Waals surface area contributed by atoms with Gasteiger partial charge in [0.15, 0.2) is 5.78 Å². The van der Waals surface area contributed by atoms with E-state index in [4.69, 9.17) is 11.6 Å². The van der Waals surface area contributed by atoms with E-state index in [1.807, 2.05) is 32.0 Å². The Bertz CT molecular complexity index is 561. The largest absolute Gasteiger partial charge is 0.288 e. The van der Waals surface area contributed by atoms with Gasteiger partial charge in [0.1, 0.15) is 0 Å². The van der Waals surface area contributed by atoms with Crippen molar-refractivity contribution >= 4 is 17.4 Å². The molecule has 0 aliphatic carbocycles. The first-order valence-corrected chi connectivity index (χ1v) is 5.70. The molecule has 0 aliphatic heterocycles. The molecule has 0 spiro atoms. The first-order chi connectivity index (χ1) is 8.09. The molecule has 3 heteroatoms. The van der Waals surface area contributed by atoms with Crippen LogP contribution in [0.1, 0.15) is 27.2 Å². The zero-order chi connectivity index (χ0) is 12.4. The highest BCUT2D eigenvalue weighted by molar-refractivity contribution is 6.35. The first kappa shape index (κ1) is 11.8. The summed E-state index contributed by atoms with van der Waals surface area (Å²) in [5, 5.41) is 0.512. The van der Waals surface area contributed by atoms with Crippen molar-refractivity contribution in [1.82, 2.24) is 4.98 Å². The molecule has 0 saturated heterocycles. The Morgan fingerprint density at radius 3 is 2.59 bits per heavy atom. The van der Waals surface area contributed by atoms with Gasteiger partial charge in [0.2, 0.25) is 0 Å². The third-order valence-corrected chi connectivity index (χ3v) is 3.11. The second-order valence-corrected chi connectivity index (χ2v) is 4.33. The van der Waals surface area contributed by atoms with Crippen molar-refractivity contribution in [2.75, 3.05) is 0 Å². The summed E-state index contributed by atoms with van der Waals surface area (Å²) in [6, 6.07) is 9.03. The summed E-state index contributed by atoms with van der Waals surface area (Å²) in [5.74, 6) is -0.0915. The van der Waals surface area contributed by atoms with Gasteiger partial charge in [-0.25, -0.2) is 0 Å². The van der Waals surface area contributed by atoms with Crippen LogP contribution in [0.5, 0.6) is 0 Å². The molecule has 0 amide bonds. The lowest BCUT2D eigenvalue weighted by molar-refractivity contribution is 0.103. The van der Waals surface area contributed by atoms with E-state index in [2.05, 4.69) is 4.98 Å². The molecule has 0 N–H and O–H groups in total. The summed E-state index contributed by atoms with van der Waals surface area (Å²) in [7, 11) is 0. The van der Waals surface area contributed by atoms with Crippen LogP contribution in [-0.2, 0) is 0 Å². The van der Waals surface area contributed by atoms with E-state index in [9.17, 15) is 4.79 Å². The van der Waals surface area contributed by atoms with Crippen LogP contribution < -0.4 is 0 Å². The molecule has 0 saturated carbocycles. The lowest BCUT2D eigenvalue weighted by atomic mass is 10.0. The van der Waals surface area contributed by atoms with E-state index in [0.717, 1.165) is 11.3 Å². The van der Waals surface area contributed by atoms with Gasteiger partial charge in [0.25, 0.3) is 0 Å². The number of halogens is 1. The Kier molecular flexibility index (Phi) is 3.25. The Hall–Kier alpha value is -1.67. The Morgan fingerprint density at radius 1 is 1.18 bits per heavy atom. The summed E-state index contributed by atoms with van der Waals surface area (Å²) in [5.41, 5.74) is 2.87. The fourth-order valence-electron chi connectivity index (χ4n) is 1.58. The highest BCUT2D eigenvalue weighted by Crippen LogP contribution is 2.22. The lowest BCUT2D eigenvalue weighted by Gasteiger charge is -2.05. The average Bonchev–Trinajstić information content (AvgIpc) is 2.33. The summed E-state index contributed by atoms with van der Waals surface area (Å²) in [6.07, 6.45) is 1.58. The van der Waals surface area contributed by atoms with Gasteiger partial charge < -0.3 is 0 Å². The molecule has 1 aromatic carbocycles. The number of benzene rings is 1. The topological polar surface area (TPSA) is 30.0 Å². The minimum atomic E-state index is -0.0915. The molecule has 1 heterocycles. The SMILES string of the molecule is Cc1ccc(C(=O)c2cccc(C)c2Cl)cn1. The third kappa shape index (κ3) is 2.37. The third-order valence-electron chi connectivity index (χ3n) is 2.61. The molecule has 2 rings (SSSR count). The monoisotopic (exact) mass is 245 g/mol. The van der Waals surface area contributed by atoms with Crippen LogP contribution in [0.3, 0.4) is 0 Å². The van der Waals surface area contributed by atoms with Crippen molar-refractivity contribution in [3.05, 3.63) is 63.9 Å². The molecular formula is C14H12ClNO. The number of carbonyl (C=O) groups is 1. The van der Waals surface area contributed by atoms with Crippen LogP contribution in [0.25, 0.3) is 0 Å². The maximum Gasteiger partial charge on any atom is 0.196 e. The van der Waals surface area contributed by atoms with Crippen LogP contribution in [0.15, 0.2) is 36.5 Å². The zero-order valence-corrected chi connectivity index (χ0v) is 10.5. The summed E-state index contributed by atoms with van der Waals surface area (Å²) in [4.78, 5) is 16.3. The number of ketones is 1. The maximum absolute atomic E-state index is 12.2. The van der Waals surface area contributed by atoms with Crippen molar-refractivity contribution in [1.29, 1.82) is 0 Å². The Balaban J connectivity index is 2.44. The summed E-state index contributed by atoms with van der Waals surface area (Å²) < 4.78 is 0. The molecule has 1 aromatic heterocycles. The first-order valence-electron chi connectivity index (χ1n) is 5.32. The molecule has 0 radical (unpaired) electrons. The second-order valence-electron chi connectivity index (χ2n) is 3.95. The lowest BCUT2D eigenvalue weighted by Crippen LogP contribution is -2.03. The van der Waals surface area contributed by atoms with Crippen LogP contribution in [0.4, 0.5) is 0 Å². The standard InChI is InChI=1S/C14H12ClNO/c1-9-4-3-5-12(13(9)15)14(17)11-7-6-10(2)16-8-11/h3-8H,1-2H3. The van der Waals surface area contributed by atoms with Crippen molar-refractivity contribution in [3.8, 4) is 0 Å². The Morgan fingerprint density at radius 2 is 1.94 bits per heavy atom. The molecule has 2 aromatic rings. The highest BCUT2D eigenvalue weighted by Gasteiger charge is 2.13. The van der Waals surface area contributed by atoms with Gasteiger partial charge in [-0.05, 0) is 37.6 Å². The van der Waals surface area contributed by atoms with Crippen LogP contribution in [-0.4, -0.2) is 10.8 Å². The number of nitrogens with zero attached hydrogens (tertiary/aromatic N) is 1. The molecule has 0 unspecified atom stereocenters. The van der Waals surface area contributed by atoms with E-state index < -0.39 is 0 Å². The molecular weight excluding hydrogens is 234 g/mol. The summed E-state index contributed by atoms with van der Waals surface area (Å²) >= 11 is 6.13. The molecule has 0 atom stereocenters. The number of pyridine rings is 1. The molecule has 0 bridgehead atoms. The molecule has 0 fully saturated rings. The van der Waals surface area contributed by atoms with E-state index in [0.29, 0.717) is 16.1 Å². The van der Waals surface area contributed by atoms with Crippen molar-refractivity contribution in [2.45, 2.75) is 13.8 Å². The molecule has 2 nitrogen and oxygen atoms in total. The molecule has 17 heavy (non-hydrogen) atoms. The van der Waals surface area contributed by atoms with Gasteiger partial charge in [-0.1, -0.05) is 23.7 Å². The van der Waals surface area contributed by atoms with Crippen molar-refractivity contribution in [2.24, 2.45) is 0 Å². The van der Waals surface area contributed by atoms with Gasteiger partial charge in [-0.15, -0.1) is 0 Å². The number of carbonyl (C=O) groups excluding carboxylic acids is 1. The molecule has 0 aliphatic rings. The number of aromatic nitrogens is 1. The van der Waals surface area contributed by atoms with E-state index in [-0.39, 0.29) is 5.78 Å². The maximum atomic E-state index is 12.2. The van der Waals surface area contributed by atoms with Gasteiger partial charge in [-0.3, -0.25) is 9.78 Å². The normalized spacial score (nSPS) is 10.3. The number of hydrogen-bond donors (Lipinski definition) is 0.